The number of carbonyl (C=O) groups excluding carboxylic acids is 2. The van der Waals surface area contributed by atoms with Gasteiger partial charge in [0, 0.05) is 12.2 Å². The fourth-order valence-corrected chi connectivity index (χ4v) is 1.49. The zero-order chi connectivity index (χ0) is 14.3. The normalized spacial score (nSPS) is 9.74. The molecule has 0 radical (unpaired) electrons. The number of hydrogen-bond donors (Lipinski definition) is 3. The third-order valence-electron chi connectivity index (χ3n) is 2.29. The molecule has 0 aliphatic rings. The zero-order valence-corrected chi connectivity index (χ0v) is 10.6. The van der Waals surface area contributed by atoms with E-state index < -0.39 is 18.3 Å². The Kier molecular flexibility index (Phi) is 5.53. The second kappa shape index (κ2) is 7.15. The van der Waals surface area contributed by atoms with Crippen molar-refractivity contribution < 1.29 is 19.5 Å². The van der Waals surface area contributed by atoms with E-state index in [2.05, 4.69) is 10.6 Å². The molecule has 1 aromatic carbocycles. The molecule has 1 aromatic rings. The summed E-state index contributed by atoms with van der Waals surface area (Å²) in [6.45, 7) is 2.43. The van der Waals surface area contributed by atoms with Crippen molar-refractivity contribution in [2.24, 2.45) is 0 Å². The van der Waals surface area contributed by atoms with E-state index in [0.717, 1.165) is 5.56 Å². The van der Waals surface area contributed by atoms with Crippen LogP contribution >= 0.6 is 0 Å². The average molecular weight is 264 g/mol. The SMILES string of the molecule is CCNC(=O)Cc1ccc(NC(=O)CC(=O)O)cc1. The van der Waals surface area contributed by atoms with Crippen molar-refractivity contribution >= 4 is 23.5 Å². The molecule has 0 saturated carbocycles. The number of carboxylic acids is 1. The molecule has 0 saturated heterocycles. The van der Waals surface area contributed by atoms with Crippen LogP contribution in [0, 0.1) is 0 Å². The number of carbonyl (C=O) groups is 3. The molecule has 0 heterocycles. The largest absolute Gasteiger partial charge is 0.481 e. The number of carboxylic acid groups (broad SMARTS) is 1. The molecule has 0 atom stereocenters. The highest BCUT2D eigenvalue weighted by atomic mass is 16.4. The summed E-state index contributed by atoms with van der Waals surface area (Å²) in [7, 11) is 0. The standard InChI is InChI=1S/C13H16N2O4/c1-2-14-11(16)7-9-3-5-10(6-4-9)15-12(17)8-13(18)19/h3-6H,2,7-8H2,1H3,(H,14,16)(H,15,17)(H,18,19). The molecule has 0 fully saturated rings. The van der Waals surface area contributed by atoms with Crippen molar-refractivity contribution in [3.05, 3.63) is 29.8 Å². The molecule has 0 aromatic heterocycles. The van der Waals surface area contributed by atoms with Crippen LogP contribution in [0.5, 0.6) is 0 Å². The molecule has 0 aliphatic heterocycles. The molecule has 1 rings (SSSR count). The predicted octanol–water partition coefficient (Wildman–Crippen LogP) is 0.778. The molecule has 0 spiro atoms. The van der Waals surface area contributed by atoms with Crippen LogP contribution in [0.15, 0.2) is 24.3 Å². The molecule has 0 bridgehead atoms. The lowest BCUT2D eigenvalue weighted by molar-refractivity contribution is -0.139. The first kappa shape index (κ1) is 14.7. The lowest BCUT2D eigenvalue weighted by Crippen LogP contribution is -2.24. The quantitative estimate of drug-likeness (QED) is 0.661. The van der Waals surface area contributed by atoms with E-state index in [1.54, 1.807) is 24.3 Å². The zero-order valence-electron chi connectivity index (χ0n) is 10.6. The minimum Gasteiger partial charge on any atom is -0.481 e. The Labute approximate surface area is 110 Å². The van der Waals surface area contributed by atoms with E-state index >= 15 is 0 Å². The summed E-state index contributed by atoms with van der Waals surface area (Å²) in [5.41, 5.74) is 1.33. The van der Waals surface area contributed by atoms with Crippen molar-refractivity contribution in [3.63, 3.8) is 0 Å². The molecule has 3 N–H and O–H groups in total. The summed E-state index contributed by atoms with van der Waals surface area (Å²) < 4.78 is 0. The maximum absolute atomic E-state index is 11.4. The fraction of sp³-hybridized carbons (Fsp3) is 0.308. The third-order valence-corrected chi connectivity index (χ3v) is 2.29. The van der Waals surface area contributed by atoms with Gasteiger partial charge >= 0.3 is 5.97 Å². The van der Waals surface area contributed by atoms with Gasteiger partial charge in [-0.15, -0.1) is 0 Å². The number of hydrogen-bond acceptors (Lipinski definition) is 3. The molecular formula is C13H16N2O4. The lowest BCUT2D eigenvalue weighted by atomic mass is 10.1. The Morgan fingerprint density at radius 1 is 1.11 bits per heavy atom. The maximum atomic E-state index is 11.4. The summed E-state index contributed by atoms with van der Waals surface area (Å²) in [4.78, 5) is 32.9. The van der Waals surface area contributed by atoms with Gasteiger partial charge in [-0.3, -0.25) is 14.4 Å². The molecule has 0 aliphatic carbocycles. The average Bonchev–Trinajstić information content (AvgIpc) is 2.31. The van der Waals surface area contributed by atoms with Crippen molar-refractivity contribution in [3.8, 4) is 0 Å². The lowest BCUT2D eigenvalue weighted by Gasteiger charge is -2.05. The third kappa shape index (κ3) is 5.67. The van der Waals surface area contributed by atoms with Crippen LogP contribution in [0.4, 0.5) is 5.69 Å². The summed E-state index contributed by atoms with van der Waals surface area (Å²) in [6.07, 6.45) is -0.294. The van der Waals surface area contributed by atoms with Gasteiger partial charge in [0.1, 0.15) is 6.42 Å². The summed E-state index contributed by atoms with van der Waals surface area (Å²) in [5.74, 6) is -1.82. The van der Waals surface area contributed by atoms with Gasteiger partial charge in [-0.05, 0) is 24.6 Å². The summed E-state index contributed by atoms with van der Waals surface area (Å²) in [6, 6.07) is 6.69. The van der Waals surface area contributed by atoms with Gasteiger partial charge in [0.05, 0.1) is 6.42 Å². The number of rotatable bonds is 6. The first-order valence-corrected chi connectivity index (χ1v) is 5.88. The van der Waals surface area contributed by atoms with Gasteiger partial charge in [0.15, 0.2) is 0 Å². The number of likely N-dealkylation sites (N-methyl/N-ethyl adjacent to an activating group) is 1. The van der Waals surface area contributed by atoms with Gasteiger partial charge in [0.2, 0.25) is 11.8 Å². The Balaban J connectivity index is 2.54. The van der Waals surface area contributed by atoms with Crippen LogP contribution in [0.2, 0.25) is 0 Å². The Morgan fingerprint density at radius 3 is 2.26 bits per heavy atom. The van der Waals surface area contributed by atoms with Crippen molar-refractivity contribution in [1.29, 1.82) is 0 Å². The minimum atomic E-state index is -1.18. The van der Waals surface area contributed by atoms with E-state index in [-0.39, 0.29) is 12.3 Å². The number of benzene rings is 1. The maximum Gasteiger partial charge on any atom is 0.312 e. The molecule has 6 heteroatoms. The molecular weight excluding hydrogens is 248 g/mol. The number of amides is 2. The van der Waals surface area contributed by atoms with Gasteiger partial charge in [0.25, 0.3) is 0 Å². The second-order valence-electron chi connectivity index (χ2n) is 3.95. The van der Waals surface area contributed by atoms with Crippen LogP contribution in [0.1, 0.15) is 18.9 Å². The summed E-state index contributed by atoms with van der Waals surface area (Å²) >= 11 is 0. The van der Waals surface area contributed by atoms with Gasteiger partial charge < -0.3 is 15.7 Å². The number of anilines is 1. The predicted molar refractivity (Wildman–Crippen MR) is 69.7 cm³/mol. The molecule has 6 nitrogen and oxygen atoms in total. The van der Waals surface area contributed by atoms with E-state index in [1.165, 1.54) is 0 Å². The van der Waals surface area contributed by atoms with E-state index in [1.807, 2.05) is 6.92 Å². The minimum absolute atomic E-state index is 0.0647. The fourth-order valence-electron chi connectivity index (χ4n) is 1.49. The van der Waals surface area contributed by atoms with E-state index in [9.17, 15) is 14.4 Å². The van der Waals surface area contributed by atoms with Crippen molar-refractivity contribution in [2.45, 2.75) is 19.8 Å². The van der Waals surface area contributed by atoms with Crippen LogP contribution in [0.25, 0.3) is 0 Å². The topological polar surface area (TPSA) is 95.5 Å². The smallest absolute Gasteiger partial charge is 0.312 e. The van der Waals surface area contributed by atoms with Gasteiger partial charge in [-0.1, -0.05) is 12.1 Å². The number of nitrogens with one attached hydrogen (secondary N) is 2. The van der Waals surface area contributed by atoms with E-state index in [4.69, 9.17) is 5.11 Å². The molecule has 0 unspecified atom stereocenters. The molecule has 2 amide bonds. The van der Waals surface area contributed by atoms with E-state index in [0.29, 0.717) is 12.2 Å². The second-order valence-corrected chi connectivity index (χ2v) is 3.95. The molecule has 19 heavy (non-hydrogen) atoms. The Morgan fingerprint density at radius 2 is 1.74 bits per heavy atom. The highest BCUT2D eigenvalue weighted by Crippen LogP contribution is 2.10. The first-order chi connectivity index (χ1) is 9.01. The van der Waals surface area contributed by atoms with Crippen LogP contribution < -0.4 is 10.6 Å². The Hall–Kier alpha value is -2.37. The first-order valence-electron chi connectivity index (χ1n) is 5.88. The van der Waals surface area contributed by atoms with Crippen molar-refractivity contribution in [1.82, 2.24) is 5.32 Å². The van der Waals surface area contributed by atoms with Crippen LogP contribution in [0.3, 0.4) is 0 Å². The molecule has 102 valence electrons. The van der Waals surface area contributed by atoms with Gasteiger partial charge in [-0.2, -0.15) is 0 Å². The van der Waals surface area contributed by atoms with Gasteiger partial charge in [-0.25, -0.2) is 0 Å². The van der Waals surface area contributed by atoms with Crippen LogP contribution in [-0.2, 0) is 20.8 Å². The number of aliphatic carboxylic acids is 1. The highest BCUT2D eigenvalue weighted by Gasteiger charge is 2.08. The summed E-state index contributed by atoms with van der Waals surface area (Å²) in [5, 5.41) is 13.6. The van der Waals surface area contributed by atoms with Crippen molar-refractivity contribution in [2.75, 3.05) is 11.9 Å². The monoisotopic (exact) mass is 264 g/mol. The Bertz CT molecular complexity index is 468. The highest BCUT2D eigenvalue weighted by molar-refractivity contribution is 6.01. The van der Waals surface area contributed by atoms with Crippen LogP contribution in [-0.4, -0.2) is 29.4 Å².